The third kappa shape index (κ3) is 7.25. The Bertz CT molecular complexity index is 761. The lowest BCUT2D eigenvalue weighted by molar-refractivity contribution is 0.122. The molecular formula is C22H29FN4OS. The molecule has 1 heterocycles. The van der Waals surface area contributed by atoms with Gasteiger partial charge in [-0.2, -0.15) is 0 Å². The van der Waals surface area contributed by atoms with E-state index in [0.29, 0.717) is 0 Å². The number of anilines is 1. The van der Waals surface area contributed by atoms with Crippen LogP contribution in [0.5, 0.6) is 0 Å². The van der Waals surface area contributed by atoms with Gasteiger partial charge in [-0.1, -0.05) is 12.1 Å². The van der Waals surface area contributed by atoms with Crippen molar-refractivity contribution in [3.8, 4) is 0 Å². The summed E-state index contributed by atoms with van der Waals surface area (Å²) in [5.74, 6) is 1.58. The van der Waals surface area contributed by atoms with Crippen LogP contribution in [0, 0.1) is 5.82 Å². The molecule has 0 amide bonds. The van der Waals surface area contributed by atoms with Crippen molar-refractivity contribution in [1.82, 2.24) is 10.6 Å². The largest absolute Gasteiger partial charge is 0.378 e. The maximum atomic E-state index is 12.9. The average Bonchev–Trinajstić information content (AvgIpc) is 2.78. The van der Waals surface area contributed by atoms with E-state index in [-0.39, 0.29) is 5.82 Å². The van der Waals surface area contributed by atoms with Crippen LogP contribution >= 0.6 is 11.8 Å². The molecule has 0 aliphatic carbocycles. The molecule has 0 unspecified atom stereocenters. The van der Waals surface area contributed by atoms with Crippen molar-refractivity contribution in [3.63, 3.8) is 0 Å². The molecule has 1 aliphatic rings. The average molecular weight is 417 g/mol. The molecule has 0 bridgehead atoms. The summed E-state index contributed by atoms with van der Waals surface area (Å²) >= 11 is 1.73. The molecule has 2 N–H and O–H groups in total. The number of thioether (sulfide) groups is 1. The number of hydrogen-bond donors (Lipinski definition) is 2. The van der Waals surface area contributed by atoms with Crippen LogP contribution in [0.25, 0.3) is 0 Å². The molecule has 0 atom stereocenters. The smallest absolute Gasteiger partial charge is 0.191 e. The van der Waals surface area contributed by atoms with E-state index >= 15 is 0 Å². The third-order valence-electron chi connectivity index (χ3n) is 4.69. The first kappa shape index (κ1) is 21.5. The molecule has 0 radical (unpaired) electrons. The predicted octanol–water partition coefficient (Wildman–Crippen LogP) is 3.51. The van der Waals surface area contributed by atoms with Crippen LogP contribution in [0.15, 0.2) is 58.4 Å². The summed E-state index contributed by atoms with van der Waals surface area (Å²) in [5, 5.41) is 6.70. The zero-order valence-electron chi connectivity index (χ0n) is 16.9. The first-order valence-electron chi connectivity index (χ1n) is 9.99. The molecule has 5 nitrogen and oxygen atoms in total. The number of rotatable bonds is 8. The summed E-state index contributed by atoms with van der Waals surface area (Å²) in [6, 6.07) is 15.3. The van der Waals surface area contributed by atoms with Gasteiger partial charge in [-0.3, -0.25) is 4.99 Å². The fourth-order valence-electron chi connectivity index (χ4n) is 3.05. The van der Waals surface area contributed by atoms with Gasteiger partial charge >= 0.3 is 0 Å². The van der Waals surface area contributed by atoms with Gasteiger partial charge in [-0.05, 0) is 54.1 Å². The number of morpholine rings is 1. The summed E-state index contributed by atoms with van der Waals surface area (Å²) in [5.41, 5.74) is 2.47. The number of hydrogen-bond acceptors (Lipinski definition) is 4. The van der Waals surface area contributed by atoms with Crippen molar-refractivity contribution < 1.29 is 9.13 Å². The van der Waals surface area contributed by atoms with Crippen LogP contribution < -0.4 is 15.5 Å². The lowest BCUT2D eigenvalue weighted by atomic mass is 10.2. The van der Waals surface area contributed by atoms with Gasteiger partial charge in [0.15, 0.2) is 5.96 Å². The van der Waals surface area contributed by atoms with E-state index in [1.165, 1.54) is 23.4 Å². The Hall–Kier alpha value is -2.25. The number of nitrogens with one attached hydrogen (secondary N) is 2. The van der Waals surface area contributed by atoms with Gasteiger partial charge in [0.2, 0.25) is 0 Å². The van der Waals surface area contributed by atoms with Gasteiger partial charge < -0.3 is 20.3 Å². The lowest BCUT2D eigenvalue weighted by Crippen LogP contribution is -2.37. The monoisotopic (exact) mass is 416 g/mol. The highest BCUT2D eigenvalue weighted by molar-refractivity contribution is 7.99. The minimum absolute atomic E-state index is 0.193. The highest BCUT2D eigenvalue weighted by Crippen LogP contribution is 2.18. The zero-order chi connectivity index (χ0) is 20.3. The molecule has 29 heavy (non-hydrogen) atoms. The van der Waals surface area contributed by atoms with Crippen LogP contribution in [-0.4, -0.2) is 51.6 Å². The lowest BCUT2D eigenvalue weighted by Gasteiger charge is -2.28. The standard InChI is InChI=1S/C22H29FN4OS/c1-24-22(25-11-2-16-29-21-9-5-19(23)6-10-21)26-17-18-3-7-20(8-4-18)27-12-14-28-15-13-27/h3-10H,2,11-17H2,1H3,(H2,24,25,26). The Morgan fingerprint density at radius 3 is 2.48 bits per heavy atom. The van der Waals surface area contributed by atoms with Gasteiger partial charge in [0.25, 0.3) is 0 Å². The summed E-state index contributed by atoms with van der Waals surface area (Å²) in [6.07, 6.45) is 0.997. The fourth-order valence-corrected chi connectivity index (χ4v) is 3.91. The molecule has 1 aliphatic heterocycles. The Balaban J connectivity index is 1.34. The second kappa shape index (κ2) is 11.7. The molecule has 1 fully saturated rings. The van der Waals surface area contributed by atoms with E-state index in [4.69, 9.17) is 4.74 Å². The SMILES string of the molecule is CN=C(NCCCSc1ccc(F)cc1)NCc1ccc(N2CCOCC2)cc1. The first-order chi connectivity index (χ1) is 14.2. The van der Waals surface area contributed by atoms with Crippen molar-refractivity contribution in [1.29, 1.82) is 0 Å². The second-order valence-corrected chi connectivity index (χ2v) is 7.94. The maximum absolute atomic E-state index is 12.9. The zero-order valence-corrected chi connectivity index (χ0v) is 17.7. The molecule has 0 aromatic heterocycles. The summed E-state index contributed by atoms with van der Waals surface area (Å²) in [7, 11) is 1.78. The predicted molar refractivity (Wildman–Crippen MR) is 119 cm³/mol. The summed E-state index contributed by atoms with van der Waals surface area (Å²) < 4.78 is 18.3. The van der Waals surface area contributed by atoms with Gasteiger partial charge in [-0.25, -0.2) is 4.39 Å². The van der Waals surface area contributed by atoms with Crippen molar-refractivity contribution in [3.05, 3.63) is 59.9 Å². The highest BCUT2D eigenvalue weighted by atomic mass is 32.2. The molecule has 2 aromatic rings. The second-order valence-electron chi connectivity index (χ2n) is 6.77. The van der Waals surface area contributed by atoms with Crippen LogP contribution in [0.1, 0.15) is 12.0 Å². The van der Waals surface area contributed by atoms with E-state index in [0.717, 1.165) is 62.4 Å². The van der Waals surface area contributed by atoms with Crippen LogP contribution in [-0.2, 0) is 11.3 Å². The van der Waals surface area contributed by atoms with E-state index in [1.54, 1.807) is 18.8 Å². The molecule has 156 valence electrons. The van der Waals surface area contributed by atoms with Crippen molar-refractivity contribution >= 4 is 23.4 Å². The fraction of sp³-hybridized carbons (Fsp3) is 0.409. The van der Waals surface area contributed by atoms with Crippen LogP contribution in [0.4, 0.5) is 10.1 Å². The minimum atomic E-state index is -0.193. The molecule has 2 aromatic carbocycles. The number of ether oxygens (including phenoxy) is 1. The molecular weight excluding hydrogens is 387 g/mol. The number of benzene rings is 2. The molecule has 1 saturated heterocycles. The molecule has 0 saturated carbocycles. The van der Waals surface area contributed by atoms with Gasteiger partial charge in [0, 0.05) is 43.8 Å². The normalized spacial score (nSPS) is 14.7. The molecule has 3 rings (SSSR count). The Morgan fingerprint density at radius 1 is 1.07 bits per heavy atom. The minimum Gasteiger partial charge on any atom is -0.378 e. The first-order valence-corrected chi connectivity index (χ1v) is 11.0. The summed E-state index contributed by atoms with van der Waals surface area (Å²) in [6.45, 7) is 5.07. The number of aliphatic imine (C=N–C) groups is 1. The van der Waals surface area contributed by atoms with E-state index < -0.39 is 0 Å². The van der Waals surface area contributed by atoms with Crippen LogP contribution in [0.2, 0.25) is 0 Å². The van der Waals surface area contributed by atoms with Crippen molar-refractivity contribution in [2.75, 3.05) is 50.5 Å². The third-order valence-corrected chi connectivity index (χ3v) is 5.79. The highest BCUT2D eigenvalue weighted by Gasteiger charge is 2.10. The number of nitrogens with zero attached hydrogens (tertiary/aromatic N) is 2. The molecule has 0 spiro atoms. The topological polar surface area (TPSA) is 48.9 Å². The molecule has 7 heteroatoms. The van der Waals surface area contributed by atoms with Crippen LogP contribution in [0.3, 0.4) is 0 Å². The quantitative estimate of drug-likeness (QED) is 0.299. The van der Waals surface area contributed by atoms with Gasteiger partial charge in [-0.15, -0.1) is 11.8 Å². The number of guanidine groups is 1. The van der Waals surface area contributed by atoms with E-state index in [2.05, 4.69) is 44.8 Å². The van der Waals surface area contributed by atoms with E-state index in [9.17, 15) is 4.39 Å². The van der Waals surface area contributed by atoms with Crippen molar-refractivity contribution in [2.24, 2.45) is 4.99 Å². The Morgan fingerprint density at radius 2 is 1.79 bits per heavy atom. The van der Waals surface area contributed by atoms with E-state index in [1.807, 2.05) is 12.1 Å². The van der Waals surface area contributed by atoms with Gasteiger partial charge in [0.05, 0.1) is 13.2 Å². The Kier molecular flexibility index (Phi) is 8.64. The maximum Gasteiger partial charge on any atom is 0.191 e. The number of halogens is 1. The van der Waals surface area contributed by atoms with Crippen molar-refractivity contribution in [2.45, 2.75) is 17.9 Å². The van der Waals surface area contributed by atoms with Gasteiger partial charge in [0.1, 0.15) is 5.82 Å². The Labute approximate surface area is 176 Å². The summed E-state index contributed by atoms with van der Waals surface area (Å²) in [4.78, 5) is 7.73.